The van der Waals surface area contributed by atoms with Gasteiger partial charge in [-0.3, -0.25) is 19.7 Å². The van der Waals surface area contributed by atoms with Crippen molar-refractivity contribution in [2.45, 2.75) is 26.8 Å². The summed E-state index contributed by atoms with van der Waals surface area (Å²) in [6.07, 6.45) is 0. The van der Waals surface area contributed by atoms with E-state index in [0.29, 0.717) is 17.7 Å². The second-order valence-electron chi connectivity index (χ2n) is 7.74. The predicted octanol–water partition coefficient (Wildman–Crippen LogP) is 3.67. The molecule has 1 aliphatic rings. The third-order valence-electron chi connectivity index (χ3n) is 5.81. The molecule has 8 heteroatoms. The Kier molecular flexibility index (Phi) is 7.05. The first-order valence-corrected chi connectivity index (χ1v) is 10.6. The van der Waals surface area contributed by atoms with Gasteiger partial charge in [0.2, 0.25) is 0 Å². The van der Waals surface area contributed by atoms with E-state index in [2.05, 4.69) is 4.90 Å². The molecular weight excluding hydrogens is 410 g/mol. The Morgan fingerprint density at radius 3 is 2.38 bits per heavy atom. The van der Waals surface area contributed by atoms with E-state index in [4.69, 9.17) is 0 Å². The lowest BCUT2D eigenvalue weighted by atomic mass is 9.94. The lowest BCUT2D eigenvalue weighted by Gasteiger charge is -2.28. The van der Waals surface area contributed by atoms with Gasteiger partial charge in [-0.05, 0) is 25.6 Å². The first-order chi connectivity index (χ1) is 15.3. The van der Waals surface area contributed by atoms with Crippen LogP contribution in [0.3, 0.4) is 0 Å². The maximum atomic E-state index is 13.0. The molecule has 1 amide bonds. The molecule has 8 nitrogen and oxygen atoms in total. The van der Waals surface area contributed by atoms with Crippen LogP contribution in [0.2, 0.25) is 0 Å². The van der Waals surface area contributed by atoms with Gasteiger partial charge < -0.3 is 14.9 Å². The number of nitro groups is 1. The Morgan fingerprint density at radius 2 is 1.78 bits per heavy atom. The molecular formula is C24H27N3O5. The zero-order chi connectivity index (χ0) is 23.4. The maximum Gasteiger partial charge on any atom is 0.295 e. The molecule has 1 N–H and O–H groups in total. The van der Waals surface area contributed by atoms with Crippen molar-refractivity contribution in [1.82, 2.24) is 9.80 Å². The summed E-state index contributed by atoms with van der Waals surface area (Å²) in [5.41, 5.74) is 1.60. The molecule has 0 bridgehead atoms. The first-order valence-electron chi connectivity index (χ1n) is 10.6. The van der Waals surface area contributed by atoms with Gasteiger partial charge in [0.05, 0.1) is 16.5 Å². The number of carbonyl (C=O) groups excluding carboxylic acids is 2. The van der Waals surface area contributed by atoms with Crippen molar-refractivity contribution < 1.29 is 19.6 Å². The summed E-state index contributed by atoms with van der Waals surface area (Å²) in [6.45, 7) is 8.27. The van der Waals surface area contributed by atoms with E-state index in [1.807, 2.05) is 20.8 Å². The molecule has 1 aliphatic heterocycles. The van der Waals surface area contributed by atoms with Crippen molar-refractivity contribution in [2.24, 2.45) is 0 Å². The largest absolute Gasteiger partial charge is 0.507 e. The highest BCUT2D eigenvalue weighted by atomic mass is 16.6. The zero-order valence-corrected chi connectivity index (χ0v) is 18.4. The number of ketones is 1. The zero-order valence-electron chi connectivity index (χ0n) is 18.4. The summed E-state index contributed by atoms with van der Waals surface area (Å²) in [4.78, 5) is 40.3. The number of likely N-dealkylation sites (tertiary alicyclic amines) is 1. The monoisotopic (exact) mass is 437 g/mol. The molecule has 0 radical (unpaired) electrons. The fourth-order valence-corrected chi connectivity index (χ4v) is 3.92. The van der Waals surface area contributed by atoms with Crippen molar-refractivity contribution in [1.29, 1.82) is 0 Å². The third-order valence-corrected chi connectivity index (χ3v) is 5.81. The number of carbonyl (C=O) groups is 2. The van der Waals surface area contributed by atoms with Crippen molar-refractivity contribution >= 4 is 23.1 Å². The van der Waals surface area contributed by atoms with E-state index >= 15 is 0 Å². The van der Waals surface area contributed by atoms with Crippen LogP contribution in [0, 0.1) is 17.0 Å². The van der Waals surface area contributed by atoms with Gasteiger partial charge in [0.15, 0.2) is 0 Å². The average Bonchev–Trinajstić information content (AvgIpc) is 3.04. The summed E-state index contributed by atoms with van der Waals surface area (Å²) in [5, 5.41) is 22.4. The molecule has 3 rings (SSSR count). The van der Waals surface area contributed by atoms with Crippen LogP contribution in [-0.4, -0.2) is 57.7 Å². The summed E-state index contributed by atoms with van der Waals surface area (Å²) < 4.78 is 0. The van der Waals surface area contributed by atoms with E-state index in [9.17, 15) is 24.8 Å². The number of amides is 1. The molecule has 0 unspecified atom stereocenters. The van der Waals surface area contributed by atoms with Crippen molar-refractivity contribution in [3.63, 3.8) is 0 Å². The molecule has 0 spiro atoms. The summed E-state index contributed by atoms with van der Waals surface area (Å²) in [6, 6.07) is 11.9. The highest BCUT2D eigenvalue weighted by molar-refractivity contribution is 6.46. The number of nitro benzene ring substituents is 1. The Bertz CT molecular complexity index is 1060. The SMILES string of the molecule is CCN(CC)CCN1C(=O)C(=O)/C(=C(/O)c2ccc(C)cc2)[C@H]1c1cccc([N+](=O)[O-])c1. The number of hydrogen-bond acceptors (Lipinski definition) is 6. The normalized spacial score (nSPS) is 17.9. The number of aliphatic hydroxyl groups is 1. The van der Waals surface area contributed by atoms with Crippen LogP contribution in [0.15, 0.2) is 54.1 Å². The van der Waals surface area contributed by atoms with Crippen LogP contribution in [0.25, 0.3) is 5.76 Å². The minimum absolute atomic E-state index is 0.0566. The van der Waals surface area contributed by atoms with Crippen LogP contribution in [0.1, 0.15) is 36.6 Å². The molecule has 0 aliphatic carbocycles. The van der Waals surface area contributed by atoms with Gasteiger partial charge in [0.25, 0.3) is 17.4 Å². The van der Waals surface area contributed by atoms with Crippen LogP contribution in [-0.2, 0) is 9.59 Å². The smallest absolute Gasteiger partial charge is 0.295 e. The second kappa shape index (κ2) is 9.74. The number of aliphatic hydroxyl groups excluding tert-OH is 1. The predicted molar refractivity (Wildman–Crippen MR) is 121 cm³/mol. The van der Waals surface area contributed by atoms with Gasteiger partial charge in [0, 0.05) is 30.8 Å². The van der Waals surface area contributed by atoms with E-state index in [1.165, 1.54) is 23.1 Å². The van der Waals surface area contributed by atoms with E-state index in [0.717, 1.165) is 18.7 Å². The Labute approximate surface area is 186 Å². The van der Waals surface area contributed by atoms with E-state index < -0.39 is 22.7 Å². The highest BCUT2D eigenvalue weighted by Crippen LogP contribution is 2.40. The molecule has 0 aromatic heterocycles. The van der Waals surface area contributed by atoms with Gasteiger partial charge in [0.1, 0.15) is 5.76 Å². The number of nitrogens with zero attached hydrogens (tertiary/aromatic N) is 3. The molecule has 1 saturated heterocycles. The Balaban J connectivity index is 2.13. The summed E-state index contributed by atoms with van der Waals surface area (Å²) >= 11 is 0. The highest BCUT2D eigenvalue weighted by Gasteiger charge is 2.46. The number of Topliss-reactive ketones (excluding diaryl/α,β-unsaturated/α-hetero) is 1. The first kappa shape index (κ1) is 23.1. The topological polar surface area (TPSA) is 104 Å². The van der Waals surface area contributed by atoms with E-state index in [1.54, 1.807) is 30.3 Å². The third kappa shape index (κ3) is 4.55. The van der Waals surface area contributed by atoms with Crippen LogP contribution in [0.5, 0.6) is 0 Å². The lowest BCUT2D eigenvalue weighted by Crippen LogP contribution is -2.38. The number of likely N-dealkylation sites (N-methyl/N-ethyl adjacent to an activating group) is 1. The van der Waals surface area contributed by atoms with Crippen molar-refractivity contribution in [2.75, 3.05) is 26.2 Å². The number of benzene rings is 2. The van der Waals surface area contributed by atoms with Gasteiger partial charge in [-0.15, -0.1) is 0 Å². The molecule has 1 atom stereocenters. The Morgan fingerprint density at radius 1 is 1.12 bits per heavy atom. The minimum atomic E-state index is -0.910. The van der Waals surface area contributed by atoms with E-state index in [-0.39, 0.29) is 23.6 Å². The molecule has 2 aromatic rings. The van der Waals surface area contributed by atoms with Gasteiger partial charge in [-0.1, -0.05) is 55.8 Å². The van der Waals surface area contributed by atoms with Crippen molar-refractivity contribution in [3.05, 3.63) is 80.9 Å². The van der Waals surface area contributed by atoms with Crippen LogP contribution >= 0.6 is 0 Å². The van der Waals surface area contributed by atoms with Crippen LogP contribution in [0.4, 0.5) is 5.69 Å². The van der Waals surface area contributed by atoms with Crippen LogP contribution < -0.4 is 0 Å². The fourth-order valence-electron chi connectivity index (χ4n) is 3.92. The quantitative estimate of drug-likeness (QED) is 0.222. The standard InChI is InChI=1S/C24H27N3O5/c1-4-25(5-2)13-14-26-21(18-7-6-8-19(15-18)27(31)32)20(23(29)24(26)30)22(28)17-11-9-16(3)10-12-17/h6-12,15,21,28H,4-5,13-14H2,1-3H3/b22-20+/t21-/m1/s1. The number of hydrogen-bond donors (Lipinski definition) is 1. The molecule has 1 fully saturated rings. The Hall–Kier alpha value is -3.52. The number of rotatable bonds is 8. The van der Waals surface area contributed by atoms with Gasteiger partial charge in [-0.25, -0.2) is 0 Å². The lowest BCUT2D eigenvalue weighted by molar-refractivity contribution is -0.384. The average molecular weight is 437 g/mol. The number of aryl methyl sites for hydroxylation is 1. The minimum Gasteiger partial charge on any atom is -0.507 e. The summed E-state index contributed by atoms with van der Waals surface area (Å²) in [5.74, 6) is -1.80. The number of non-ortho nitro benzene ring substituents is 1. The molecule has 168 valence electrons. The fraction of sp³-hybridized carbons (Fsp3) is 0.333. The van der Waals surface area contributed by atoms with Gasteiger partial charge in [-0.2, -0.15) is 0 Å². The molecule has 0 saturated carbocycles. The second-order valence-corrected chi connectivity index (χ2v) is 7.74. The van der Waals surface area contributed by atoms with Gasteiger partial charge >= 0.3 is 0 Å². The molecule has 1 heterocycles. The molecule has 32 heavy (non-hydrogen) atoms. The van der Waals surface area contributed by atoms with Crippen molar-refractivity contribution in [3.8, 4) is 0 Å². The molecule has 2 aromatic carbocycles. The maximum absolute atomic E-state index is 13.0. The summed E-state index contributed by atoms with van der Waals surface area (Å²) in [7, 11) is 0.